The van der Waals surface area contributed by atoms with Gasteiger partial charge in [-0.05, 0) is 68.8 Å². The van der Waals surface area contributed by atoms with Gasteiger partial charge in [-0.2, -0.15) is 11.8 Å². The first-order valence-corrected chi connectivity index (χ1v) is 12.5. The summed E-state index contributed by atoms with van der Waals surface area (Å²) in [7, 11) is 0. The van der Waals surface area contributed by atoms with Crippen LogP contribution in [0.4, 0.5) is 0 Å². The first-order chi connectivity index (χ1) is 15.1. The van der Waals surface area contributed by atoms with E-state index in [2.05, 4.69) is 38.0 Å². The van der Waals surface area contributed by atoms with Crippen molar-refractivity contribution in [3.05, 3.63) is 41.4 Å². The summed E-state index contributed by atoms with van der Waals surface area (Å²) in [5.74, 6) is 1.18. The molecule has 1 amide bonds. The van der Waals surface area contributed by atoms with Crippen LogP contribution in [0.2, 0.25) is 0 Å². The molecule has 2 heterocycles. The number of amides is 1. The van der Waals surface area contributed by atoms with Gasteiger partial charge in [-0.3, -0.25) is 14.7 Å². The number of rotatable bonds is 12. The van der Waals surface area contributed by atoms with E-state index >= 15 is 0 Å². The topological polar surface area (TPSA) is 89.5 Å². The fourth-order valence-corrected chi connectivity index (χ4v) is 4.20. The monoisotopic (exact) mass is 465 g/mol. The lowest BCUT2D eigenvalue weighted by Gasteiger charge is -2.26. The zero-order chi connectivity index (χ0) is 22.3. The molecule has 1 aromatic rings. The van der Waals surface area contributed by atoms with E-state index < -0.39 is 0 Å². The van der Waals surface area contributed by atoms with E-state index in [-0.39, 0.29) is 18.2 Å². The standard InChI is InChI=1S/C22H35N5O2S2/c1-2-23-22(30)25-10-13-31-17-21(29)26-15-20(28)7-6-19-14-18(8-9-24-19)16-27-11-4-3-5-12-27/h7-9,14,28H,2-6,10-13,15-17H2,1H3,(H,26,29)(H2,23,25,30)/b20-7-. The predicted molar refractivity (Wildman–Crippen MR) is 132 cm³/mol. The maximum absolute atomic E-state index is 11.9. The molecule has 0 atom stereocenters. The van der Waals surface area contributed by atoms with Crippen molar-refractivity contribution in [2.45, 2.75) is 39.2 Å². The average molecular weight is 466 g/mol. The third kappa shape index (κ3) is 11.4. The van der Waals surface area contributed by atoms with Crippen LogP contribution in [-0.4, -0.2) is 70.2 Å². The van der Waals surface area contributed by atoms with Crippen LogP contribution in [-0.2, 0) is 17.8 Å². The van der Waals surface area contributed by atoms with Gasteiger partial charge in [-0.25, -0.2) is 0 Å². The van der Waals surface area contributed by atoms with Crippen LogP contribution in [0.3, 0.4) is 0 Å². The van der Waals surface area contributed by atoms with E-state index in [9.17, 15) is 9.90 Å². The van der Waals surface area contributed by atoms with Crippen molar-refractivity contribution in [3.63, 3.8) is 0 Å². The summed E-state index contributed by atoms with van der Waals surface area (Å²) in [6.07, 6.45) is 7.98. The van der Waals surface area contributed by atoms with Crippen molar-refractivity contribution in [2.24, 2.45) is 0 Å². The number of aliphatic hydroxyl groups excluding tert-OH is 1. The van der Waals surface area contributed by atoms with E-state index in [1.165, 1.54) is 36.6 Å². The lowest BCUT2D eigenvalue weighted by Crippen LogP contribution is -2.36. The minimum Gasteiger partial charge on any atom is -0.511 e. The molecule has 9 heteroatoms. The fraction of sp³-hybridized carbons (Fsp3) is 0.591. The Morgan fingerprint density at radius 2 is 2.10 bits per heavy atom. The van der Waals surface area contributed by atoms with E-state index in [1.807, 2.05) is 13.1 Å². The van der Waals surface area contributed by atoms with Crippen LogP contribution in [0, 0.1) is 0 Å². The number of thioether (sulfide) groups is 1. The van der Waals surface area contributed by atoms with Gasteiger partial charge in [0.1, 0.15) is 5.76 Å². The van der Waals surface area contributed by atoms with Gasteiger partial charge in [0, 0.05) is 43.7 Å². The number of piperidine rings is 1. The summed E-state index contributed by atoms with van der Waals surface area (Å²) in [5, 5.41) is 19.5. The SMILES string of the molecule is CCNC(=S)NCCSCC(=O)NC/C(O)=C/Cc1cc(CN2CCCCC2)ccn1. The number of hydrogen-bond acceptors (Lipinski definition) is 6. The second-order valence-electron chi connectivity index (χ2n) is 7.51. The number of allylic oxidation sites excluding steroid dienone is 1. The molecular formula is C22H35N5O2S2. The summed E-state index contributed by atoms with van der Waals surface area (Å²) in [5.41, 5.74) is 2.18. The molecule has 1 aromatic heterocycles. The Balaban J connectivity index is 1.63. The molecule has 0 aromatic carbocycles. The highest BCUT2D eigenvalue weighted by molar-refractivity contribution is 7.99. The highest BCUT2D eigenvalue weighted by Crippen LogP contribution is 2.13. The zero-order valence-corrected chi connectivity index (χ0v) is 20.0. The summed E-state index contributed by atoms with van der Waals surface area (Å²) in [6, 6.07) is 4.16. The maximum Gasteiger partial charge on any atom is 0.230 e. The summed E-state index contributed by atoms with van der Waals surface area (Å²) in [4.78, 5) is 18.8. The summed E-state index contributed by atoms with van der Waals surface area (Å²) < 4.78 is 0. The van der Waals surface area contributed by atoms with E-state index in [1.54, 1.807) is 6.08 Å². The lowest BCUT2D eigenvalue weighted by atomic mass is 10.1. The number of nitrogens with zero attached hydrogens (tertiary/aromatic N) is 2. The summed E-state index contributed by atoms with van der Waals surface area (Å²) in [6.45, 7) is 6.90. The minimum absolute atomic E-state index is 0.0964. The second-order valence-corrected chi connectivity index (χ2v) is 9.02. The molecule has 0 aliphatic carbocycles. The Hall–Kier alpha value is -1.84. The molecule has 0 radical (unpaired) electrons. The molecule has 1 aliphatic heterocycles. The van der Waals surface area contributed by atoms with Crippen LogP contribution >= 0.6 is 24.0 Å². The first kappa shape index (κ1) is 25.4. The number of aliphatic hydroxyl groups is 1. The first-order valence-electron chi connectivity index (χ1n) is 11.0. The number of thiocarbonyl (C=S) groups is 1. The van der Waals surface area contributed by atoms with Gasteiger partial charge in [0.05, 0.1) is 12.3 Å². The number of aromatic nitrogens is 1. The molecular weight excluding hydrogens is 430 g/mol. The van der Waals surface area contributed by atoms with Crippen molar-refractivity contribution in [2.75, 3.05) is 44.2 Å². The molecule has 0 bridgehead atoms. The number of likely N-dealkylation sites (tertiary alicyclic amines) is 1. The smallest absolute Gasteiger partial charge is 0.230 e. The maximum atomic E-state index is 11.9. The molecule has 172 valence electrons. The van der Waals surface area contributed by atoms with Gasteiger partial charge in [0.15, 0.2) is 5.11 Å². The molecule has 1 aliphatic rings. The molecule has 1 fully saturated rings. The Labute approximate surface area is 195 Å². The quantitative estimate of drug-likeness (QED) is 0.213. The van der Waals surface area contributed by atoms with Crippen molar-refractivity contribution >= 4 is 35.0 Å². The van der Waals surface area contributed by atoms with E-state index in [4.69, 9.17) is 12.2 Å². The van der Waals surface area contributed by atoms with Crippen LogP contribution in [0.15, 0.2) is 30.2 Å². The Morgan fingerprint density at radius 1 is 1.29 bits per heavy atom. The third-order valence-electron chi connectivity index (χ3n) is 4.85. The molecule has 0 spiro atoms. The molecule has 2 rings (SSSR count). The van der Waals surface area contributed by atoms with Gasteiger partial charge in [-0.1, -0.05) is 6.42 Å². The fourth-order valence-electron chi connectivity index (χ4n) is 3.27. The van der Waals surface area contributed by atoms with Crippen molar-refractivity contribution in [1.29, 1.82) is 0 Å². The Morgan fingerprint density at radius 3 is 2.87 bits per heavy atom. The Bertz CT molecular complexity index is 724. The normalized spacial score (nSPS) is 14.8. The van der Waals surface area contributed by atoms with Crippen LogP contribution in [0.5, 0.6) is 0 Å². The molecule has 4 N–H and O–H groups in total. The van der Waals surface area contributed by atoms with Gasteiger partial charge >= 0.3 is 0 Å². The largest absolute Gasteiger partial charge is 0.511 e. The molecule has 7 nitrogen and oxygen atoms in total. The van der Waals surface area contributed by atoms with Crippen LogP contribution < -0.4 is 16.0 Å². The number of carbonyl (C=O) groups is 1. The van der Waals surface area contributed by atoms with Crippen LogP contribution in [0.25, 0.3) is 0 Å². The van der Waals surface area contributed by atoms with Gasteiger partial charge in [0.25, 0.3) is 0 Å². The van der Waals surface area contributed by atoms with E-state index in [0.717, 1.165) is 37.6 Å². The van der Waals surface area contributed by atoms with Crippen molar-refractivity contribution in [1.82, 2.24) is 25.8 Å². The molecule has 31 heavy (non-hydrogen) atoms. The van der Waals surface area contributed by atoms with Gasteiger partial charge in [0.2, 0.25) is 5.91 Å². The highest BCUT2D eigenvalue weighted by atomic mass is 32.2. The Kier molecular flexibility index (Phi) is 12.3. The number of pyridine rings is 1. The minimum atomic E-state index is -0.0964. The summed E-state index contributed by atoms with van der Waals surface area (Å²) >= 11 is 6.60. The second kappa shape index (κ2) is 15.0. The molecule has 0 saturated carbocycles. The number of carbonyl (C=O) groups excluding carboxylic acids is 1. The molecule has 1 saturated heterocycles. The predicted octanol–water partition coefficient (Wildman–Crippen LogP) is 2.39. The molecule has 0 unspecified atom stereocenters. The highest BCUT2D eigenvalue weighted by Gasteiger charge is 2.10. The average Bonchev–Trinajstić information content (AvgIpc) is 2.77. The lowest BCUT2D eigenvalue weighted by molar-refractivity contribution is -0.118. The zero-order valence-electron chi connectivity index (χ0n) is 18.4. The van der Waals surface area contributed by atoms with E-state index in [0.29, 0.717) is 23.8 Å². The van der Waals surface area contributed by atoms with Gasteiger partial charge < -0.3 is 21.1 Å². The number of hydrogen-bond donors (Lipinski definition) is 4. The van der Waals surface area contributed by atoms with Crippen LogP contribution in [0.1, 0.15) is 37.4 Å². The van der Waals surface area contributed by atoms with Gasteiger partial charge in [-0.15, -0.1) is 0 Å². The van der Waals surface area contributed by atoms with Crippen molar-refractivity contribution in [3.8, 4) is 0 Å². The van der Waals surface area contributed by atoms with Crippen molar-refractivity contribution < 1.29 is 9.90 Å². The third-order valence-corrected chi connectivity index (χ3v) is 6.10. The number of nitrogens with one attached hydrogen (secondary N) is 3.